The average Bonchev–Trinajstić information content (AvgIpc) is 2.97. The van der Waals surface area contributed by atoms with Crippen LogP contribution in [0.25, 0.3) is 6.08 Å². The maximum absolute atomic E-state index is 12.4. The first-order valence-electron chi connectivity index (χ1n) is 7.01. The number of hydrogen-bond acceptors (Lipinski definition) is 4. The van der Waals surface area contributed by atoms with Gasteiger partial charge in [0.05, 0.1) is 11.0 Å². The number of rotatable bonds is 6. The first-order valence-corrected chi connectivity index (χ1v) is 8.50. The molecule has 0 amide bonds. The van der Waals surface area contributed by atoms with Gasteiger partial charge in [0.1, 0.15) is 0 Å². The van der Waals surface area contributed by atoms with Crippen LogP contribution in [-0.2, 0) is 19.6 Å². The quantitative estimate of drug-likeness (QED) is 0.774. The van der Waals surface area contributed by atoms with E-state index in [1.165, 1.54) is 12.1 Å². The second kappa shape index (κ2) is 7.04. The van der Waals surface area contributed by atoms with Crippen LogP contribution in [0.5, 0.6) is 0 Å². The first-order chi connectivity index (χ1) is 10.4. The maximum atomic E-state index is 12.4. The Bertz CT molecular complexity index is 675. The topological polar surface area (TPSA) is 92.7 Å². The van der Waals surface area contributed by atoms with Gasteiger partial charge in [-0.2, -0.15) is 0 Å². The van der Waals surface area contributed by atoms with Gasteiger partial charge in [-0.1, -0.05) is 12.1 Å². The van der Waals surface area contributed by atoms with Gasteiger partial charge in [0.25, 0.3) is 0 Å². The predicted octanol–water partition coefficient (Wildman–Crippen LogP) is 1.55. The molecule has 0 spiro atoms. The van der Waals surface area contributed by atoms with Crippen molar-refractivity contribution in [3.63, 3.8) is 0 Å². The lowest BCUT2D eigenvalue weighted by Gasteiger charge is -2.13. The molecule has 0 aromatic heterocycles. The highest BCUT2D eigenvalue weighted by molar-refractivity contribution is 7.89. The third-order valence-corrected chi connectivity index (χ3v) is 5.01. The smallest absolute Gasteiger partial charge is 0.328 e. The number of sulfonamides is 1. The van der Waals surface area contributed by atoms with Crippen LogP contribution >= 0.6 is 0 Å². The normalized spacial score (nSPS) is 18.9. The minimum absolute atomic E-state index is 0.0785. The zero-order valence-electron chi connectivity index (χ0n) is 12.3. The van der Waals surface area contributed by atoms with E-state index in [1.807, 2.05) is 0 Å². The first kappa shape index (κ1) is 16.7. The maximum Gasteiger partial charge on any atom is 0.328 e. The van der Waals surface area contributed by atoms with Gasteiger partial charge in [-0.15, -0.1) is 0 Å². The fraction of sp³-hybridized carbons (Fsp3) is 0.400. The van der Waals surface area contributed by atoms with Crippen LogP contribution in [-0.4, -0.2) is 38.7 Å². The summed E-state index contributed by atoms with van der Waals surface area (Å²) in [6.45, 7) is 2.61. The fourth-order valence-corrected chi connectivity index (χ4v) is 3.61. The van der Waals surface area contributed by atoms with Crippen LogP contribution in [0, 0.1) is 6.92 Å². The van der Waals surface area contributed by atoms with Gasteiger partial charge in [0.15, 0.2) is 0 Å². The molecule has 1 saturated heterocycles. The van der Waals surface area contributed by atoms with Crippen LogP contribution < -0.4 is 4.72 Å². The summed E-state index contributed by atoms with van der Waals surface area (Å²) in [5, 5.41) is 8.63. The summed E-state index contributed by atoms with van der Waals surface area (Å²) >= 11 is 0. The van der Waals surface area contributed by atoms with Crippen molar-refractivity contribution in [2.45, 2.75) is 30.8 Å². The van der Waals surface area contributed by atoms with Crippen molar-refractivity contribution in [2.75, 3.05) is 13.2 Å². The lowest BCUT2D eigenvalue weighted by molar-refractivity contribution is -0.131. The van der Waals surface area contributed by atoms with Crippen LogP contribution in [0.15, 0.2) is 29.2 Å². The van der Waals surface area contributed by atoms with Crippen molar-refractivity contribution in [1.29, 1.82) is 0 Å². The Morgan fingerprint density at radius 1 is 1.50 bits per heavy atom. The van der Waals surface area contributed by atoms with Gasteiger partial charge in [-0.05, 0) is 43.0 Å². The Morgan fingerprint density at radius 3 is 2.91 bits per heavy atom. The molecule has 0 bridgehead atoms. The van der Waals surface area contributed by atoms with E-state index in [2.05, 4.69) is 4.72 Å². The third kappa shape index (κ3) is 4.40. The third-order valence-electron chi connectivity index (χ3n) is 3.45. The summed E-state index contributed by atoms with van der Waals surface area (Å²) in [6.07, 6.45) is 4.05. The van der Waals surface area contributed by atoms with E-state index in [0.29, 0.717) is 17.7 Å². The molecule has 0 radical (unpaired) electrons. The van der Waals surface area contributed by atoms with E-state index in [-0.39, 0.29) is 17.5 Å². The monoisotopic (exact) mass is 325 g/mol. The molecule has 2 rings (SSSR count). The molecular weight excluding hydrogens is 306 g/mol. The molecule has 1 aromatic carbocycles. The highest BCUT2D eigenvalue weighted by Crippen LogP contribution is 2.19. The SMILES string of the molecule is Cc1ccc(/C=C/C(=O)O)cc1S(=O)(=O)NC[C@H]1CCCO1. The highest BCUT2D eigenvalue weighted by atomic mass is 32.2. The summed E-state index contributed by atoms with van der Waals surface area (Å²) in [7, 11) is -3.65. The van der Waals surface area contributed by atoms with Gasteiger partial charge in [-0.3, -0.25) is 0 Å². The number of hydrogen-bond donors (Lipinski definition) is 2. The van der Waals surface area contributed by atoms with Crippen molar-refractivity contribution >= 4 is 22.1 Å². The number of benzene rings is 1. The lowest BCUT2D eigenvalue weighted by atomic mass is 10.1. The molecule has 7 heteroatoms. The lowest BCUT2D eigenvalue weighted by Crippen LogP contribution is -2.32. The molecule has 120 valence electrons. The van der Waals surface area contributed by atoms with E-state index in [9.17, 15) is 13.2 Å². The zero-order chi connectivity index (χ0) is 16.2. The largest absolute Gasteiger partial charge is 0.478 e. The number of ether oxygens (including phenoxy) is 1. The number of nitrogens with one attached hydrogen (secondary N) is 1. The molecule has 0 saturated carbocycles. The van der Waals surface area contributed by atoms with Crippen molar-refractivity contribution in [1.82, 2.24) is 4.72 Å². The molecule has 2 N–H and O–H groups in total. The number of aryl methyl sites for hydroxylation is 1. The summed E-state index contributed by atoms with van der Waals surface area (Å²) in [4.78, 5) is 10.7. The molecule has 1 heterocycles. The molecule has 1 atom stereocenters. The van der Waals surface area contributed by atoms with Crippen LogP contribution in [0.2, 0.25) is 0 Å². The molecule has 1 fully saturated rings. The van der Waals surface area contributed by atoms with E-state index in [0.717, 1.165) is 18.9 Å². The average molecular weight is 325 g/mol. The van der Waals surface area contributed by atoms with Crippen molar-refractivity contribution in [3.05, 3.63) is 35.4 Å². The molecule has 22 heavy (non-hydrogen) atoms. The Hall–Kier alpha value is -1.70. The minimum atomic E-state index is -3.65. The van der Waals surface area contributed by atoms with E-state index in [1.54, 1.807) is 19.1 Å². The molecule has 6 nitrogen and oxygen atoms in total. The summed E-state index contributed by atoms with van der Waals surface area (Å²) in [6, 6.07) is 4.79. The summed E-state index contributed by atoms with van der Waals surface area (Å²) in [5.74, 6) is -1.08. The number of aliphatic carboxylic acids is 1. The van der Waals surface area contributed by atoms with E-state index < -0.39 is 16.0 Å². The van der Waals surface area contributed by atoms with Gasteiger partial charge >= 0.3 is 5.97 Å². The predicted molar refractivity (Wildman–Crippen MR) is 82.0 cm³/mol. The van der Waals surface area contributed by atoms with Crippen LogP contribution in [0.3, 0.4) is 0 Å². The van der Waals surface area contributed by atoms with E-state index in [4.69, 9.17) is 9.84 Å². The minimum Gasteiger partial charge on any atom is -0.478 e. The number of carboxylic acid groups (broad SMARTS) is 1. The van der Waals surface area contributed by atoms with Crippen LogP contribution in [0.1, 0.15) is 24.0 Å². The van der Waals surface area contributed by atoms with Crippen molar-refractivity contribution < 1.29 is 23.1 Å². The molecule has 1 aliphatic heterocycles. The van der Waals surface area contributed by atoms with Crippen molar-refractivity contribution in [2.24, 2.45) is 0 Å². The Balaban J connectivity index is 2.17. The molecule has 1 aromatic rings. The summed E-state index contributed by atoms with van der Waals surface area (Å²) in [5.41, 5.74) is 1.12. The molecule has 0 aliphatic carbocycles. The Morgan fingerprint density at radius 2 is 2.27 bits per heavy atom. The number of carboxylic acids is 1. The summed E-state index contributed by atoms with van der Waals surface area (Å²) < 4.78 is 32.7. The second-order valence-corrected chi connectivity index (χ2v) is 6.92. The standard InChI is InChI=1S/C15H19NO5S/c1-11-4-5-12(6-7-15(17)18)9-14(11)22(19,20)16-10-13-3-2-8-21-13/h4-7,9,13,16H,2-3,8,10H2,1H3,(H,17,18)/b7-6+/t13-/m1/s1. The van der Waals surface area contributed by atoms with Gasteiger partial charge < -0.3 is 9.84 Å². The van der Waals surface area contributed by atoms with Crippen LogP contribution in [0.4, 0.5) is 0 Å². The van der Waals surface area contributed by atoms with E-state index >= 15 is 0 Å². The molecule has 1 aliphatic rings. The highest BCUT2D eigenvalue weighted by Gasteiger charge is 2.21. The molecule has 0 unspecified atom stereocenters. The van der Waals surface area contributed by atoms with Gasteiger partial charge in [-0.25, -0.2) is 17.9 Å². The van der Waals surface area contributed by atoms with Gasteiger partial charge in [0.2, 0.25) is 10.0 Å². The second-order valence-electron chi connectivity index (χ2n) is 5.18. The fourth-order valence-electron chi connectivity index (χ4n) is 2.26. The van der Waals surface area contributed by atoms with Crippen molar-refractivity contribution in [3.8, 4) is 0 Å². The Labute approximate surface area is 129 Å². The molecular formula is C15H19NO5S. The Kier molecular flexibility index (Phi) is 5.33. The van der Waals surface area contributed by atoms with Gasteiger partial charge in [0, 0.05) is 19.2 Å². The number of carbonyl (C=O) groups is 1. The zero-order valence-corrected chi connectivity index (χ0v) is 13.1.